The maximum Gasteiger partial charge on any atom is 0.130 e. The normalized spacial score (nSPS) is 15.0. The molecule has 0 aliphatic carbocycles. The summed E-state index contributed by atoms with van der Waals surface area (Å²) in [6.45, 7) is 2.31. The Labute approximate surface area is 169 Å². The predicted octanol–water partition coefficient (Wildman–Crippen LogP) is 4.69. The van der Waals surface area contributed by atoms with Crippen LogP contribution < -0.4 is 4.74 Å². The lowest BCUT2D eigenvalue weighted by Gasteiger charge is -2.17. The molecule has 2 aromatic heterocycles. The van der Waals surface area contributed by atoms with E-state index in [1.165, 1.54) is 29.9 Å². The summed E-state index contributed by atoms with van der Waals surface area (Å²) in [6, 6.07) is 19.0. The second-order valence-electron chi connectivity index (χ2n) is 7.82. The zero-order valence-corrected chi connectivity index (χ0v) is 16.2. The monoisotopic (exact) mass is 382 g/mol. The zero-order chi connectivity index (χ0) is 19.2. The summed E-state index contributed by atoms with van der Waals surface area (Å²) < 4.78 is 10.6. The first-order chi connectivity index (χ1) is 14.3. The molecule has 0 fully saturated rings. The van der Waals surface area contributed by atoms with Gasteiger partial charge in [-0.2, -0.15) is 5.10 Å². The predicted molar refractivity (Wildman–Crippen MR) is 112 cm³/mol. The van der Waals surface area contributed by atoms with Crippen molar-refractivity contribution in [3.05, 3.63) is 77.9 Å². The van der Waals surface area contributed by atoms with Crippen molar-refractivity contribution < 1.29 is 4.74 Å². The van der Waals surface area contributed by atoms with Gasteiger partial charge in [-0.25, -0.2) is 4.98 Å². The summed E-state index contributed by atoms with van der Waals surface area (Å²) in [5, 5.41) is 4.83. The van der Waals surface area contributed by atoms with Crippen molar-refractivity contribution in [1.29, 1.82) is 0 Å². The largest absolute Gasteiger partial charge is 0.487 e. The highest BCUT2D eigenvalue weighted by atomic mass is 16.5. The summed E-state index contributed by atoms with van der Waals surface area (Å²) in [7, 11) is 0. The molecule has 29 heavy (non-hydrogen) atoms. The minimum absolute atomic E-state index is 0.529. The third-order valence-electron chi connectivity index (χ3n) is 5.96. The average Bonchev–Trinajstić information content (AvgIpc) is 3.34. The Morgan fingerprint density at radius 2 is 1.86 bits per heavy atom. The fourth-order valence-electron chi connectivity index (χ4n) is 4.40. The molecule has 2 aromatic carbocycles. The molecule has 0 saturated carbocycles. The first-order valence-corrected chi connectivity index (χ1v) is 10.3. The van der Waals surface area contributed by atoms with Crippen LogP contribution in [0.4, 0.5) is 0 Å². The number of aromatic nitrogens is 4. The van der Waals surface area contributed by atoms with Crippen LogP contribution in [0.1, 0.15) is 29.9 Å². The first kappa shape index (κ1) is 16.6. The molecule has 0 radical (unpaired) electrons. The van der Waals surface area contributed by atoms with Crippen LogP contribution in [0.15, 0.2) is 60.8 Å². The van der Waals surface area contributed by atoms with Crippen LogP contribution in [0.3, 0.4) is 0 Å². The molecule has 0 saturated heterocycles. The van der Waals surface area contributed by atoms with Gasteiger partial charge in [0, 0.05) is 29.7 Å². The average molecular weight is 382 g/mol. The first-order valence-electron chi connectivity index (χ1n) is 10.3. The molecule has 4 aromatic rings. The van der Waals surface area contributed by atoms with Gasteiger partial charge in [0.15, 0.2) is 0 Å². The summed E-state index contributed by atoms with van der Waals surface area (Å²) in [6.07, 6.45) is 5.55. The number of aryl methyl sites for hydroxylation is 1. The molecule has 144 valence electrons. The van der Waals surface area contributed by atoms with E-state index >= 15 is 0 Å². The summed E-state index contributed by atoms with van der Waals surface area (Å²) in [5.41, 5.74) is 6.76. The Morgan fingerprint density at radius 3 is 2.79 bits per heavy atom. The van der Waals surface area contributed by atoms with Gasteiger partial charge in [-0.15, -0.1) is 0 Å². The number of imidazole rings is 1. The third kappa shape index (κ3) is 2.85. The van der Waals surface area contributed by atoms with Crippen molar-refractivity contribution in [3.63, 3.8) is 0 Å². The maximum atomic E-state index is 6.22. The van der Waals surface area contributed by atoms with Crippen LogP contribution in [-0.4, -0.2) is 19.3 Å². The van der Waals surface area contributed by atoms with E-state index in [0.29, 0.717) is 6.61 Å². The highest BCUT2D eigenvalue weighted by Crippen LogP contribution is 2.33. The second kappa shape index (κ2) is 6.62. The van der Waals surface area contributed by atoms with E-state index < -0.39 is 0 Å². The molecule has 0 unspecified atom stereocenters. The molecule has 0 N–H and O–H groups in total. The lowest BCUT2D eigenvalue weighted by molar-refractivity contribution is 0.302. The summed E-state index contributed by atoms with van der Waals surface area (Å²) in [4.78, 5) is 4.63. The molecule has 0 spiro atoms. The van der Waals surface area contributed by atoms with E-state index in [9.17, 15) is 0 Å². The molecule has 5 heteroatoms. The number of hydrogen-bond acceptors (Lipinski definition) is 3. The molecule has 2 aliphatic heterocycles. The smallest absolute Gasteiger partial charge is 0.130 e. The van der Waals surface area contributed by atoms with Gasteiger partial charge in [-0.05, 0) is 25.0 Å². The molecule has 6 rings (SSSR count). The van der Waals surface area contributed by atoms with Crippen molar-refractivity contribution >= 4 is 0 Å². The van der Waals surface area contributed by atoms with E-state index in [2.05, 4.69) is 50.6 Å². The number of fused-ring (bicyclic) bond motifs is 3. The van der Waals surface area contributed by atoms with Crippen molar-refractivity contribution in [1.82, 2.24) is 19.3 Å². The van der Waals surface area contributed by atoms with Gasteiger partial charge in [-0.1, -0.05) is 42.5 Å². The minimum atomic E-state index is 0.529. The highest BCUT2D eigenvalue weighted by molar-refractivity contribution is 5.64. The Kier molecular flexibility index (Phi) is 3.79. The molecule has 2 aliphatic rings. The van der Waals surface area contributed by atoms with Crippen LogP contribution in [-0.2, 0) is 26.1 Å². The fourth-order valence-corrected chi connectivity index (χ4v) is 4.40. The highest BCUT2D eigenvalue weighted by Gasteiger charge is 2.20. The Bertz CT molecular complexity index is 1190. The van der Waals surface area contributed by atoms with Gasteiger partial charge < -0.3 is 9.30 Å². The van der Waals surface area contributed by atoms with Gasteiger partial charge in [0.25, 0.3) is 0 Å². The molecule has 0 atom stereocenters. The van der Waals surface area contributed by atoms with Crippen LogP contribution in [0.2, 0.25) is 0 Å². The van der Waals surface area contributed by atoms with E-state index in [0.717, 1.165) is 47.8 Å². The number of rotatable bonds is 2. The minimum Gasteiger partial charge on any atom is -0.487 e. The van der Waals surface area contributed by atoms with E-state index in [4.69, 9.17) is 9.84 Å². The van der Waals surface area contributed by atoms with Crippen molar-refractivity contribution in [2.24, 2.45) is 0 Å². The van der Waals surface area contributed by atoms with E-state index in [1.807, 2.05) is 24.4 Å². The Balaban J connectivity index is 1.33. The van der Waals surface area contributed by atoms with Gasteiger partial charge in [0.2, 0.25) is 0 Å². The second-order valence-corrected chi connectivity index (χ2v) is 7.82. The molecule has 5 nitrogen and oxygen atoms in total. The lowest BCUT2D eigenvalue weighted by atomic mass is 10.1. The molecule has 0 amide bonds. The number of ether oxygens (including phenoxy) is 1. The summed E-state index contributed by atoms with van der Waals surface area (Å²) >= 11 is 0. The van der Waals surface area contributed by atoms with Gasteiger partial charge in [0.1, 0.15) is 18.2 Å². The number of hydrogen-bond donors (Lipinski definition) is 0. The van der Waals surface area contributed by atoms with Crippen molar-refractivity contribution in [2.45, 2.75) is 39.0 Å². The van der Waals surface area contributed by atoms with Gasteiger partial charge >= 0.3 is 0 Å². The van der Waals surface area contributed by atoms with Gasteiger partial charge in [0.05, 0.1) is 29.8 Å². The van der Waals surface area contributed by atoms with Crippen LogP contribution in [0.5, 0.6) is 5.75 Å². The SMILES string of the molecule is c1ccc(-c2cc3n(n2)Cc2ccc(-c4cnc5n4CCCC5)cc2OC3)cc1. The number of benzene rings is 2. The lowest BCUT2D eigenvalue weighted by Crippen LogP contribution is -2.11. The van der Waals surface area contributed by atoms with Crippen LogP contribution in [0, 0.1) is 0 Å². The standard InChI is InChI=1S/C24H22N4O/c1-2-6-17(7-3-1)21-13-20-16-29-23-12-18(9-10-19(23)15-28(20)26-21)22-14-25-24-8-4-5-11-27(22)24/h1-3,6-7,9-10,12-14H,4-5,8,11,15-16H2. The molecule has 4 heterocycles. The Morgan fingerprint density at radius 1 is 0.931 bits per heavy atom. The maximum absolute atomic E-state index is 6.22. The third-order valence-corrected chi connectivity index (χ3v) is 5.96. The van der Waals surface area contributed by atoms with Crippen LogP contribution in [0.25, 0.3) is 22.5 Å². The van der Waals surface area contributed by atoms with Gasteiger partial charge in [-0.3, -0.25) is 4.68 Å². The fraction of sp³-hybridized carbons (Fsp3) is 0.250. The quantitative estimate of drug-likeness (QED) is 0.505. The van der Waals surface area contributed by atoms with E-state index in [1.54, 1.807) is 0 Å². The summed E-state index contributed by atoms with van der Waals surface area (Å²) in [5.74, 6) is 2.15. The topological polar surface area (TPSA) is 44.9 Å². The van der Waals surface area contributed by atoms with Crippen molar-refractivity contribution in [3.8, 4) is 28.3 Å². The number of nitrogens with zero attached hydrogens (tertiary/aromatic N) is 4. The van der Waals surface area contributed by atoms with Crippen molar-refractivity contribution in [2.75, 3.05) is 0 Å². The molecule has 0 bridgehead atoms. The van der Waals surface area contributed by atoms with Crippen LogP contribution >= 0.6 is 0 Å². The Hall–Kier alpha value is -3.34. The van der Waals surface area contributed by atoms with E-state index in [-0.39, 0.29) is 0 Å². The zero-order valence-electron chi connectivity index (χ0n) is 16.2. The molecular weight excluding hydrogens is 360 g/mol. The molecular formula is C24H22N4O.